The first-order chi connectivity index (χ1) is 7.58. The summed E-state index contributed by atoms with van der Waals surface area (Å²) in [5.74, 6) is 0.749. The van der Waals surface area contributed by atoms with Crippen LogP contribution in [0.15, 0.2) is 0 Å². The van der Waals surface area contributed by atoms with Crippen LogP contribution in [0.3, 0.4) is 0 Å². The smallest absolute Gasteiger partial charge is 0.0244 e. The van der Waals surface area contributed by atoms with Gasteiger partial charge in [-0.25, -0.2) is 0 Å². The SMILES string of the molecule is CCC1CN(CC(C)SC)C(C(C)C)CN1. The second kappa shape index (κ2) is 6.87. The molecule has 0 amide bonds. The van der Waals surface area contributed by atoms with Gasteiger partial charge in [0.25, 0.3) is 0 Å². The van der Waals surface area contributed by atoms with Crippen molar-refractivity contribution in [1.29, 1.82) is 0 Å². The van der Waals surface area contributed by atoms with E-state index in [0.717, 1.165) is 23.8 Å². The number of thioether (sulfide) groups is 1. The molecule has 1 aliphatic heterocycles. The van der Waals surface area contributed by atoms with Crippen molar-refractivity contribution < 1.29 is 0 Å². The summed E-state index contributed by atoms with van der Waals surface area (Å²) >= 11 is 1.98. The molecular formula is C13H28N2S. The van der Waals surface area contributed by atoms with Gasteiger partial charge >= 0.3 is 0 Å². The zero-order valence-corrected chi connectivity index (χ0v) is 12.3. The number of nitrogens with one attached hydrogen (secondary N) is 1. The molecule has 0 aliphatic carbocycles. The van der Waals surface area contributed by atoms with Crippen LogP contribution < -0.4 is 5.32 Å². The van der Waals surface area contributed by atoms with Crippen molar-refractivity contribution in [3.63, 3.8) is 0 Å². The van der Waals surface area contributed by atoms with E-state index in [2.05, 4.69) is 44.2 Å². The van der Waals surface area contributed by atoms with Gasteiger partial charge in [0.2, 0.25) is 0 Å². The van der Waals surface area contributed by atoms with Gasteiger partial charge in [-0.05, 0) is 18.6 Å². The van der Waals surface area contributed by atoms with Crippen LogP contribution in [0.2, 0.25) is 0 Å². The molecule has 16 heavy (non-hydrogen) atoms. The van der Waals surface area contributed by atoms with E-state index in [9.17, 15) is 0 Å². The Bertz CT molecular complexity index is 194. The number of nitrogens with zero attached hydrogens (tertiary/aromatic N) is 1. The monoisotopic (exact) mass is 244 g/mol. The molecule has 0 radical (unpaired) electrons. The summed E-state index contributed by atoms with van der Waals surface area (Å²) in [4.78, 5) is 2.70. The molecule has 3 atom stereocenters. The maximum atomic E-state index is 3.67. The first-order valence-corrected chi connectivity index (χ1v) is 7.87. The van der Waals surface area contributed by atoms with Crippen LogP contribution in [0.5, 0.6) is 0 Å². The minimum atomic E-state index is 0.698. The highest BCUT2D eigenvalue weighted by molar-refractivity contribution is 7.99. The van der Waals surface area contributed by atoms with Gasteiger partial charge < -0.3 is 5.32 Å². The maximum Gasteiger partial charge on any atom is 0.0244 e. The van der Waals surface area contributed by atoms with Crippen molar-refractivity contribution in [2.75, 3.05) is 25.9 Å². The van der Waals surface area contributed by atoms with Crippen molar-refractivity contribution >= 4 is 11.8 Å². The van der Waals surface area contributed by atoms with Gasteiger partial charge in [0.1, 0.15) is 0 Å². The molecule has 0 aromatic heterocycles. The Hall–Kier alpha value is 0.270. The van der Waals surface area contributed by atoms with E-state index in [1.165, 1.54) is 19.5 Å². The molecule has 1 rings (SSSR count). The Kier molecular flexibility index (Phi) is 6.16. The van der Waals surface area contributed by atoms with Gasteiger partial charge in [-0.15, -0.1) is 0 Å². The molecule has 0 aromatic rings. The quantitative estimate of drug-likeness (QED) is 0.800. The molecule has 1 heterocycles. The highest BCUT2D eigenvalue weighted by atomic mass is 32.2. The second-order valence-electron chi connectivity index (χ2n) is 5.33. The zero-order chi connectivity index (χ0) is 12.1. The second-order valence-corrected chi connectivity index (χ2v) is 6.60. The molecule has 1 aliphatic rings. The summed E-state index contributed by atoms with van der Waals surface area (Å²) in [6, 6.07) is 1.42. The number of hydrogen-bond donors (Lipinski definition) is 1. The molecule has 1 fully saturated rings. The molecular weight excluding hydrogens is 216 g/mol. The molecule has 1 saturated heterocycles. The molecule has 96 valence electrons. The maximum absolute atomic E-state index is 3.67. The van der Waals surface area contributed by atoms with Crippen LogP contribution in [-0.2, 0) is 0 Å². The Morgan fingerprint density at radius 1 is 1.38 bits per heavy atom. The summed E-state index contributed by atoms with van der Waals surface area (Å²) in [6.45, 7) is 12.9. The van der Waals surface area contributed by atoms with Crippen molar-refractivity contribution in [2.45, 2.75) is 51.4 Å². The van der Waals surface area contributed by atoms with Crippen LogP contribution in [0.4, 0.5) is 0 Å². The molecule has 0 spiro atoms. The topological polar surface area (TPSA) is 15.3 Å². The summed E-state index contributed by atoms with van der Waals surface area (Å²) in [5.41, 5.74) is 0. The molecule has 0 bridgehead atoms. The van der Waals surface area contributed by atoms with E-state index in [4.69, 9.17) is 0 Å². The van der Waals surface area contributed by atoms with Crippen LogP contribution in [0, 0.1) is 5.92 Å². The van der Waals surface area contributed by atoms with Crippen molar-refractivity contribution in [1.82, 2.24) is 10.2 Å². The summed E-state index contributed by atoms with van der Waals surface area (Å²) in [5, 5.41) is 4.42. The van der Waals surface area contributed by atoms with E-state index < -0.39 is 0 Å². The fraction of sp³-hybridized carbons (Fsp3) is 1.00. The van der Waals surface area contributed by atoms with Gasteiger partial charge in [-0.3, -0.25) is 4.90 Å². The Balaban J connectivity index is 2.56. The van der Waals surface area contributed by atoms with E-state index in [1.54, 1.807) is 0 Å². The highest BCUT2D eigenvalue weighted by Gasteiger charge is 2.29. The third kappa shape index (κ3) is 3.94. The first kappa shape index (κ1) is 14.3. The van der Waals surface area contributed by atoms with Crippen LogP contribution in [0.1, 0.15) is 34.1 Å². The van der Waals surface area contributed by atoms with E-state index in [1.807, 2.05) is 11.8 Å². The average molecular weight is 244 g/mol. The summed E-state index contributed by atoms with van der Waals surface area (Å²) in [7, 11) is 0. The molecule has 3 unspecified atom stereocenters. The van der Waals surface area contributed by atoms with E-state index in [-0.39, 0.29) is 0 Å². The zero-order valence-electron chi connectivity index (χ0n) is 11.5. The largest absolute Gasteiger partial charge is 0.311 e. The third-order valence-electron chi connectivity index (χ3n) is 3.70. The summed E-state index contributed by atoms with van der Waals surface area (Å²) < 4.78 is 0. The highest BCUT2D eigenvalue weighted by Crippen LogP contribution is 2.19. The standard InChI is InChI=1S/C13H28N2S/c1-6-12-9-15(8-11(4)16-5)13(7-14-12)10(2)3/h10-14H,6-9H2,1-5H3. The molecule has 1 N–H and O–H groups in total. The van der Waals surface area contributed by atoms with E-state index in [0.29, 0.717) is 6.04 Å². The molecule has 0 aromatic carbocycles. The lowest BCUT2D eigenvalue weighted by atomic mass is 9.97. The third-order valence-corrected chi connectivity index (χ3v) is 4.65. The van der Waals surface area contributed by atoms with Gasteiger partial charge in [-0.2, -0.15) is 11.8 Å². The Morgan fingerprint density at radius 3 is 2.56 bits per heavy atom. The van der Waals surface area contributed by atoms with Gasteiger partial charge in [-0.1, -0.05) is 27.7 Å². The normalized spacial score (nSPS) is 29.6. The predicted octanol–water partition coefficient (Wildman–Crippen LogP) is 2.45. The fourth-order valence-corrected chi connectivity index (χ4v) is 2.79. The van der Waals surface area contributed by atoms with Gasteiger partial charge in [0, 0.05) is 37.0 Å². The Labute approximate surface area is 106 Å². The van der Waals surface area contributed by atoms with Crippen LogP contribution in [-0.4, -0.2) is 48.1 Å². The number of hydrogen-bond acceptors (Lipinski definition) is 3. The average Bonchev–Trinajstić information content (AvgIpc) is 2.28. The lowest BCUT2D eigenvalue weighted by Gasteiger charge is -2.43. The number of rotatable bonds is 5. The summed E-state index contributed by atoms with van der Waals surface area (Å²) in [6.07, 6.45) is 3.46. The van der Waals surface area contributed by atoms with Crippen molar-refractivity contribution in [2.24, 2.45) is 5.92 Å². The van der Waals surface area contributed by atoms with Crippen molar-refractivity contribution in [3.05, 3.63) is 0 Å². The lowest BCUT2D eigenvalue weighted by molar-refractivity contribution is 0.0989. The molecule has 2 nitrogen and oxygen atoms in total. The molecule has 3 heteroatoms. The van der Waals surface area contributed by atoms with Crippen LogP contribution >= 0.6 is 11.8 Å². The fourth-order valence-electron chi connectivity index (χ4n) is 2.45. The molecule has 0 saturated carbocycles. The Morgan fingerprint density at radius 2 is 2.06 bits per heavy atom. The van der Waals surface area contributed by atoms with Gasteiger partial charge in [0.05, 0.1) is 0 Å². The minimum absolute atomic E-state index is 0.698. The van der Waals surface area contributed by atoms with Gasteiger partial charge in [0.15, 0.2) is 0 Å². The predicted molar refractivity (Wildman–Crippen MR) is 75.3 cm³/mol. The van der Waals surface area contributed by atoms with Crippen LogP contribution in [0.25, 0.3) is 0 Å². The number of piperazine rings is 1. The van der Waals surface area contributed by atoms with Crippen molar-refractivity contribution in [3.8, 4) is 0 Å². The van der Waals surface area contributed by atoms with E-state index >= 15 is 0 Å². The first-order valence-electron chi connectivity index (χ1n) is 6.58. The minimum Gasteiger partial charge on any atom is -0.311 e. The lowest BCUT2D eigenvalue weighted by Crippen LogP contribution is -2.59.